The molecule has 0 spiro atoms. The Balaban J connectivity index is 2.24. The molecule has 0 saturated carbocycles. The molecule has 1 aromatic carbocycles. The van der Waals surface area contributed by atoms with Crippen molar-refractivity contribution in [3.8, 4) is 11.5 Å². The van der Waals surface area contributed by atoms with Crippen molar-refractivity contribution in [3.63, 3.8) is 0 Å². The van der Waals surface area contributed by atoms with E-state index in [1.54, 1.807) is 24.4 Å². The number of aromatic nitrogens is 1. The molecular weight excluding hydrogens is 287 g/mol. The van der Waals surface area contributed by atoms with Gasteiger partial charge in [0.15, 0.2) is 0 Å². The van der Waals surface area contributed by atoms with Crippen LogP contribution >= 0.6 is 15.9 Å². The van der Waals surface area contributed by atoms with Crippen molar-refractivity contribution in [2.75, 3.05) is 0 Å². The highest BCUT2D eigenvalue weighted by molar-refractivity contribution is 9.10. The summed E-state index contributed by atoms with van der Waals surface area (Å²) in [7, 11) is 0. The first-order valence-electron chi connectivity index (χ1n) is 4.96. The zero-order valence-electron chi connectivity index (χ0n) is 8.86. The van der Waals surface area contributed by atoms with Gasteiger partial charge in [-0.05, 0) is 18.2 Å². The van der Waals surface area contributed by atoms with Crippen molar-refractivity contribution in [1.82, 2.24) is 4.98 Å². The third kappa shape index (κ3) is 3.25. The summed E-state index contributed by atoms with van der Waals surface area (Å²) >= 11 is 3.20. The molecule has 0 radical (unpaired) electrons. The maximum atomic E-state index is 13.1. The number of benzene rings is 1. The minimum atomic E-state index is -0.359. The summed E-state index contributed by atoms with van der Waals surface area (Å²) in [6.07, 6.45) is 1.60. The summed E-state index contributed by atoms with van der Waals surface area (Å²) in [6.45, 7) is 0.337. The summed E-state index contributed by atoms with van der Waals surface area (Å²) in [5, 5.41) is 0. The van der Waals surface area contributed by atoms with E-state index in [9.17, 15) is 4.39 Å². The number of hydrogen-bond donors (Lipinski definition) is 1. The molecule has 1 aromatic heterocycles. The number of nitrogens with zero attached hydrogens (tertiary/aromatic N) is 1. The molecule has 0 fully saturated rings. The van der Waals surface area contributed by atoms with Gasteiger partial charge in [0.25, 0.3) is 0 Å². The van der Waals surface area contributed by atoms with Crippen LogP contribution in [-0.2, 0) is 6.54 Å². The first-order valence-corrected chi connectivity index (χ1v) is 5.75. The SMILES string of the molecule is NCc1cc(Oc2cc(F)cc(Br)c2)ccn1. The highest BCUT2D eigenvalue weighted by Crippen LogP contribution is 2.25. The van der Waals surface area contributed by atoms with Crippen molar-refractivity contribution >= 4 is 15.9 Å². The maximum Gasteiger partial charge on any atom is 0.131 e. The van der Waals surface area contributed by atoms with Crippen molar-refractivity contribution in [3.05, 3.63) is 52.5 Å². The Labute approximate surface area is 107 Å². The van der Waals surface area contributed by atoms with Gasteiger partial charge in [0.1, 0.15) is 17.3 Å². The van der Waals surface area contributed by atoms with Crippen LogP contribution in [0, 0.1) is 5.82 Å². The van der Waals surface area contributed by atoms with Crippen LogP contribution in [0.5, 0.6) is 11.5 Å². The fourth-order valence-corrected chi connectivity index (χ4v) is 1.80. The molecule has 0 unspecified atom stereocenters. The van der Waals surface area contributed by atoms with Crippen molar-refractivity contribution in [2.24, 2.45) is 5.73 Å². The number of ether oxygens (including phenoxy) is 1. The lowest BCUT2D eigenvalue weighted by Gasteiger charge is -2.07. The van der Waals surface area contributed by atoms with E-state index >= 15 is 0 Å². The number of pyridine rings is 1. The van der Waals surface area contributed by atoms with Crippen molar-refractivity contribution in [1.29, 1.82) is 0 Å². The van der Waals surface area contributed by atoms with E-state index in [2.05, 4.69) is 20.9 Å². The van der Waals surface area contributed by atoms with Gasteiger partial charge in [0.2, 0.25) is 0 Å². The molecule has 1 heterocycles. The summed E-state index contributed by atoms with van der Waals surface area (Å²) in [6, 6.07) is 7.78. The molecule has 5 heteroatoms. The minimum absolute atomic E-state index is 0.337. The largest absolute Gasteiger partial charge is 0.457 e. The molecule has 0 aliphatic rings. The molecule has 88 valence electrons. The molecule has 0 saturated heterocycles. The first kappa shape index (κ1) is 12.0. The predicted molar refractivity (Wildman–Crippen MR) is 66.3 cm³/mol. The van der Waals surface area contributed by atoms with Gasteiger partial charge in [-0.25, -0.2) is 4.39 Å². The predicted octanol–water partition coefficient (Wildman–Crippen LogP) is 3.23. The lowest BCUT2D eigenvalue weighted by Crippen LogP contribution is -1.99. The second-order valence-corrected chi connectivity index (χ2v) is 4.31. The molecule has 17 heavy (non-hydrogen) atoms. The van der Waals surface area contributed by atoms with Crippen LogP contribution in [0.3, 0.4) is 0 Å². The standard InChI is InChI=1S/C12H10BrFN2O/c13-8-3-9(14)5-12(4-8)17-11-1-2-16-10(6-11)7-15/h1-6H,7,15H2. The van der Waals surface area contributed by atoms with Gasteiger partial charge in [-0.1, -0.05) is 15.9 Å². The van der Waals surface area contributed by atoms with E-state index in [0.717, 1.165) is 5.69 Å². The van der Waals surface area contributed by atoms with Gasteiger partial charge < -0.3 is 10.5 Å². The number of hydrogen-bond acceptors (Lipinski definition) is 3. The van der Waals surface area contributed by atoms with Crippen LogP contribution in [-0.4, -0.2) is 4.98 Å². The van der Waals surface area contributed by atoms with E-state index in [-0.39, 0.29) is 5.82 Å². The summed E-state index contributed by atoms with van der Waals surface area (Å²) in [5.41, 5.74) is 6.20. The molecule has 2 aromatic rings. The summed E-state index contributed by atoms with van der Waals surface area (Å²) in [5.74, 6) is 0.645. The van der Waals surface area contributed by atoms with Crippen LogP contribution in [0.15, 0.2) is 41.0 Å². The van der Waals surface area contributed by atoms with Crippen molar-refractivity contribution in [2.45, 2.75) is 6.54 Å². The monoisotopic (exact) mass is 296 g/mol. The molecule has 0 bridgehead atoms. The second kappa shape index (κ2) is 5.25. The second-order valence-electron chi connectivity index (χ2n) is 3.39. The molecule has 3 nitrogen and oxygen atoms in total. The summed E-state index contributed by atoms with van der Waals surface area (Å²) < 4.78 is 19.3. The fraction of sp³-hybridized carbons (Fsp3) is 0.0833. The van der Waals surface area contributed by atoms with E-state index < -0.39 is 0 Å². The molecule has 0 aliphatic carbocycles. The lowest BCUT2D eigenvalue weighted by atomic mass is 10.3. The molecule has 2 rings (SSSR count). The van der Waals surface area contributed by atoms with Gasteiger partial charge in [-0.2, -0.15) is 0 Å². The Kier molecular flexibility index (Phi) is 3.71. The van der Waals surface area contributed by atoms with Gasteiger partial charge in [-0.3, -0.25) is 4.98 Å². The number of halogens is 2. The minimum Gasteiger partial charge on any atom is -0.457 e. The topological polar surface area (TPSA) is 48.1 Å². The Morgan fingerprint density at radius 2 is 2.06 bits per heavy atom. The smallest absolute Gasteiger partial charge is 0.131 e. The molecule has 0 atom stereocenters. The quantitative estimate of drug-likeness (QED) is 0.946. The average Bonchev–Trinajstić information content (AvgIpc) is 2.28. The fourth-order valence-electron chi connectivity index (χ4n) is 1.35. The Hall–Kier alpha value is -1.46. The molecule has 0 aliphatic heterocycles. The Morgan fingerprint density at radius 1 is 1.24 bits per heavy atom. The van der Waals surface area contributed by atoms with E-state index in [4.69, 9.17) is 10.5 Å². The Bertz CT molecular complexity index is 513. The van der Waals surface area contributed by atoms with Gasteiger partial charge in [-0.15, -0.1) is 0 Å². The number of nitrogens with two attached hydrogens (primary N) is 1. The Morgan fingerprint density at radius 3 is 2.76 bits per heavy atom. The first-order chi connectivity index (χ1) is 8.17. The van der Waals surface area contributed by atoms with Gasteiger partial charge in [0.05, 0.1) is 5.69 Å². The third-order valence-corrected chi connectivity index (χ3v) is 2.53. The summed E-state index contributed by atoms with van der Waals surface area (Å²) in [4.78, 5) is 4.05. The lowest BCUT2D eigenvalue weighted by molar-refractivity contribution is 0.474. The highest BCUT2D eigenvalue weighted by Gasteiger charge is 2.02. The number of rotatable bonds is 3. The van der Waals surface area contributed by atoms with Crippen LogP contribution < -0.4 is 10.5 Å². The average molecular weight is 297 g/mol. The van der Waals surface area contributed by atoms with Crippen LogP contribution in [0.25, 0.3) is 0 Å². The van der Waals surface area contributed by atoms with Crippen LogP contribution in [0.1, 0.15) is 5.69 Å². The van der Waals surface area contributed by atoms with E-state index in [1.807, 2.05) is 0 Å². The molecular formula is C12H10BrFN2O. The van der Waals surface area contributed by atoms with Crippen LogP contribution in [0.4, 0.5) is 4.39 Å². The maximum absolute atomic E-state index is 13.1. The molecule has 2 N–H and O–H groups in total. The van der Waals surface area contributed by atoms with Crippen LogP contribution in [0.2, 0.25) is 0 Å². The highest BCUT2D eigenvalue weighted by atomic mass is 79.9. The van der Waals surface area contributed by atoms with Gasteiger partial charge >= 0.3 is 0 Å². The van der Waals surface area contributed by atoms with Crippen molar-refractivity contribution < 1.29 is 9.13 Å². The zero-order valence-corrected chi connectivity index (χ0v) is 10.4. The van der Waals surface area contributed by atoms with E-state index in [0.29, 0.717) is 22.5 Å². The molecule has 0 amide bonds. The zero-order chi connectivity index (χ0) is 12.3. The third-order valence-electron chi connectivity index (χ3n) is 2.07. The van der Waals surface area contributed by atoms with Gasteiger partial charge in [0, 0.05) is 29.3 Å². The van der Waals surface area contributed by atoms with E-state index in [1.165, 1.54) is 12.1 Å². The normalized spacial score (nSPS) is 10.3.